The van der Waals surface area contributed by atoms with Gasteiger partial charge in [-0.15, -0.1) is 0 Å². The van der Waals surface area contributed by atoms with Gasteiger partial charge in [0.15, 0.2) is 0 Å². The van der Waals surface area contributed by atoms with Crippen LogP contribution in [0, 0.1) is 6.92 Å². The van der Waals surface area contributed by atoms with Gasteiger partial charge in [-0.3, -0.25) is 4.18 Å². The van der Waals surface area contributed by atoms with Crippen molar-refractivity contribution in [3.8, 4) is 0 Å². The molecule has 1 rings (SSSR count). The summed E-state index contributed by atoms with van der Waals surface area (Å²) in [6, 6.07) is 3.84. The molecule has 1 aromatic rings. The van der Waals surface area contributed by atoms with E-state index in [1.54, 1.807) is 6.20 Å². The minimum atomic E-state index is -2.72. The van der Waals surface area contributed by atoms with E-state index < -0.39 is 11.0 Å². The van der Waals surface area contributed by atoms with Crippen LogP contribution in [0.3, 0.4) is 0 Å². The van der Waals surface area contributed by atoms with Gasteiger partial charge < -0.3 is 5.32 Å². The topological polar surface area (TPSA) is 68.3 Å². The van der Waals surface area contributed by atoms with Gasteiger partial charge in [-0.1, -0.05) is 6.07 Å². The second-order valence-electron chi connectivity index (χ2n) is 3.06. The summed E-state index contributed by atoms with van der Waals surface area (Å²) >= 11 is 0. The second kappa shape index (κ2) is 6.36. The van der Waals surface area contributed by atoms with Crippen LogP contribution in [0.15, 0.2) is 18.3 Å². The number of aryl methyl sites for hydroxylation is 1. The first kappa shape index (κ1) is 11.9. The van der Waals surface area contributed by atoms with E-state index in [0.29, 0.717) is 13.0 Å². The molecule has 0 atom stereocenters. The average molecular weight is 230 g/mol. The number of nitrogens with one attached hydrogen (secondary N) is 1. The van der Waals surface area contributed by atoms with E-state index >= 15 is 0 Å². The first-order valence-corrected chi connectivity index (χ1v) is 5.72. The fourth-order valence-electron chi connectivity index (χ4n) is 1.00. The predicted octanol–water partition coefficient (Wildman–Crippen LogP) is 0.735. The lowest BCUT2D eigenvalue weighted by atomic mass is 10.3. The maximum atomic E-state index is 10.1. The Morgan fingerprint density at radius 1 is 1.47 bits per heavy atom. The summed E-state index contributed by atoms with van der Waals surface area (Å²) in [6.45, 7) is 2.81. The highest BCUT2D eigenvalue weighted by atomic mass is 32.2. The van der Waals surface area contributed by atoms with Crippen LogP contribution in [-0.2, 0) is 15.2 Å². The summed E-state index contributed by atoms with van der Waals surface area (Å²) in [5.41, 5.74) is 1.10. The Bertz CT molecular complexity index is 354. The third-order valence-electron chi connectivity index (χ3n) is 1.74. The maximum Gasteiger partial charge on any atom is 0.257 e. The Kier molecular flexibility index (Phi) is 5.06. The molecule has 0 bridgehead atoms. The monoisotopic (exact) mass is 230 g/mol. The van der Waals surface area contributed by atoms with Gasteiger partial charge in [0.25, 0.3) is 11.0 Å². The number of pyridine rings is 1. The third-order valence-corrected chi connectivity index (χ3v) is 2.13. The van der Waals surface area contributed by atoms with E-state index in [4.69, 9.17) is 0 Å². The molecule has 84 valence electrons. The molecule has 1 heterocycles. The number of thiol groups is 1. The van der Waals surface area contributed by atoms with Gasteiger partial charge in [-0.2, -0.15) is 0 Å². The van der Waals surface area contributed by atoms with E-state index in [1.165, 1.54) is 0 Å². The molecule has 5 nitrogen and oxygen atoms in total. The normalized spacial score (nSPS) is 10.5. The molecule has 0 amide bonds. The lowest BCUT2D eigenvalue weighted by Gasteiger charge is -2.04. The van der Waals surface area contributed by atoms with Crippen LogP contribution in [0.25, 0.3) is 0 Å². The van der Waals surface area contributed by atoms with Crippen LogP contribution in [0.5, 0.6) is 0 Å². The molecular weight excluding hydrogens is 216 g/mol. The van der Waals surface area contributed by atoms with Crippen molar-refractivity contribution in [2.75, 3.05) is 18.5 Å². The molecule has 6 heteroatoms. The molecule has 0 aliphatic heterocycles. The molecule has 0 fully saturated rings. The zero-order valence-corrected chi connectivity index (χ0v) is 9.37. The van der Waals surface area contributed by atoms with Gasteiger partial charge >= 0.3 is 0 Å². The Morgan fingerprint density at radius 3 is 2.87 bits per heavy atom. The molecule has 0 saturated carbocycles. The number of anilines is 1. The molecule has 0 aliphatic rings. The average Bonchev–Trinajstić information content (AvgIpc) is 2.20. The second-order valence-corrected chi connectivity index (χ2v) is 3.76. The minimum Gasteiger partial charge on any atom is -0.370 e. The van der Waals surface area contributed by atoms with Gasteiger partial charge in [0.1, 0.15) is 5.82 Å². The predicted molar refractivity (Wildman–Crippen MR) is 58.3 cm³/mol. The van der Waals surface area contributed by atoms with Crippen LogP contribution in [0.1, 0.15) is 12.0 Å². The van der Waals surface area contributed by atoms with Crippen LogP contribution < -0.4 is 5.32 Å². The molecule has 0 radical (unpaired) electrons. The summed E-state index contributed by atoms with van der Waals surface area (Å²) < 4.78 is 24.5. The number of hydrogen-bond donors (Lipinski definition) is 2. The van der Waals surface area contributed by atoms with Crippen LogP contribution >= 0.6 is 0 Å². The van der Waals surface area contributed by atoms with Gasteiger partial charge in [-0.25, -0.2) is 13.4 Å². The lowest BCUT2D eigenvalue weighted by Crippen LogP contribution is -2.06. The van der Waals surface area contributed by atoms with Crippen LogP contribution in [0.2, 0.25) is 0 Å². The number of hydrogen-bond acceptors (Lipinski definition) is 5. The van der Waals surface area contributed by atoms with Crippen LogP contribution in [-0.4, -0.2) is 26.6 Å². The van der Waals surface area contributed by atoms with E-state index in [-0.39, 0.29) is 6.61 Å². The molecule has 0 spiro atoms. The Hall–Kier alpha value is -1.14. The Morgan fingerprint density at radius 2 is 2.27 bits per heavy atom. The molecular formula is C9H14N2O3S. The summed E-state index contributed by atoms with van der Waals surface area (Å²) in [6.07, 6.45) is 2.40. The van der Waals surface area contributed by atoms with Crippen molar-refractivity contribution in [1.82, 2.24) is 4.98 Å². The zero-order valence-electron chi connectivity index (χ0n) is 8.47. The SMILES string of the molecule is Cc1ccc(NCCCO[SH](=O)=O)nc1. The number of nitrogens with zero attached hydrogens (tertiary/aromatic N) is 1. The molecule has 1 aromatic heterocycles. The molecule has 15 heavy (non-hydrogen) atoms. The van der Waals surface area contributed by atoms with Crippen molar-refractivity contribution in [3.63, 3.8) is 0 Å². The van der Waals surface area contributed by atoms with E-state index in [9.17, 15) is 8.42 Å². The maximum absolute atomic E-state index is 10.1. The molecule has 0 aromatic carbocycles. The van der Waals surface area contributed by atoms with Gasteiger partial charge in [0.05, 0.1) is 6.61 Å². The highest BCUT2D eigenvalue weighted by Gasteiger charge is 1.93. The number of aromatic nitrogens is 1. The van der Waals surface area contributed by atoms with E-state index in [1.807, 2.05) is 19.1 Å². The third kappa shape index (κ3) is 5.34. The largest absolute Gasteiger partial charge is 0.370 e. The molecule has 0 aliphatic carbocycles. The van der Waals surface area contributed by atoms with Crippen molar-refractivity contribution >= 4 is 16.8 Å². The zero-order chi connectivity index (χ0) is 11.1. The summed E-state index contributed by atoms with van der Waals surface area (Å²) in [4.78, 5) is 4.14. The van der Waals surface area contributed by atoms with Crippen molar-refractivity contribution in [3.05, 3.63) is 23.9 Å². The Balaban J connectivity index is 2.17. The van der Waals surface area contributed by atoms with Crippen LogP contribution in [0.4, 0.5) is 5.82 Å². The van der Waals surface area contributed by atoms with Crippen molar-refractivity contribution in [1.29, 1.82) is 0 Å². The summed E-state index contributed by atoms with van der Waals surface area (Å²) in [7, 11) is -2.72. The first-order valence-electron chi connectivity index (χ1n) is 4.62. The molecule has 0 unspecified atom stereocenters. The molecule has 0 saturated heterocycles. The van der Waals surface area contributed by atoms with Crippen molar-refractivity contribution < 1.29 is 12.6 Å². The van der Waals surface area contributed by atoms with E-state index in [2.05, 4.69) is 14.5 Å². The van der Waals surface area contributed by atoms with Gasteiger partial charge in [0, 0.05) is 12.7 Å². The minimum absolute atomic E-state index is 0.206. The lowest BCUT2D eigenvalue weighted by molar-refractivity contribution is 0.330. The van der Waals surface area contributed by atoms with E-state index in [0.717, 1.165) is 11.4 Å². The van der Waals surface area contributed by atoms with Crippen molar-refractivity contribution in [2.45, 2.75) is 13.3 Å². The highest BCUT2D eigenvalue weighted by molar-refractivity contribution is 7.67. The van der Waals surface area contributed by atoms with Gasteiger partial charge in [-0.05, 0) is 25.0 Å². The fourth-order valence-corrected chi connectivity index (χ4v) is 1.28. The highest BCUT2D eigenvalue weighted by Crippen LogP contribution is 2.03. The number of rotatable bonds is 6. The van der Waals surface area contributed by atoms with Crippen molar-refractivity contribution in [2.24, 2.45) is 0 Å². The first-order chi connectivity index (χ1) is 7.18. The smallest absolute Gasteiger partial charge is 0.257 e. The fraction of sp³-hybridized carbons (Fsp3) is 0.444. The Labute approximate surface area is 90.6 Å². The quantitative estimate of drug-likeness (QED) is 0.557. The standard InChI is InChI=1S/C9H14N2O3S/c1-8-3-4-9(11-7-8)10-5-2-6-14-15(12)13/h3-4,7,15H,2,5-6H2,1H3,(H,10,11). The summed E-state index contributed by atoms with van der Waals surface area (Å²) in [5.74, 6) is 0.784. The molecule has 1 N–H and O–H groups in total. The van der Waals surface area contributed by atoms with Gasteiger partial charge in [0.2, 0.25) is 0 Å². The summed E-state index contributed by atoms with van der Waals surface area (Å²) in [5, 5.41) is 3.06.